The predicted octanol–water partition coefficient (Wildman–Crippen LogP) is 1.86. The second-order valence-corrected chi connectivity index (χ2v) is 6.87. The molecule has 1 aliphatic carbocycles. The van der Waals surface area contributed by atoms with Crippen LogP contribution in [0.3, 0.4) is 0 Å². The number of rotatable bonds is 7. The van der Waals surface area contributed by atoms with Crippen LogP contribution in [-0.4, -0.2) is 48.0 Å². The van der Waals surface area contributed by atoms with Gasteiger partial charge in [0.2, 0.25) is 17.1 Å². The van der Waals surface area contributed by atoms with E-state index < -0.39 is 5.91 Å². The normalized spacial score (nSPS) is 11.7. The van der Waals surface area contributed by atoms with Crippen molar-refractivity contribution in [1.82, 2.24) is 5.48 Å². The van der Waals surface area contributed by atoms with Gasteiger partial charge in [-0.1, -0.05) is 6.07 Å². The Kier molecular flexibility index (Phi) is 9.30. The molecule has 0 saturated heterocycles. The summed E-state index contributed by atoms with van der Waals surface area (Å²) in [7, 11) is 7.75. The van der Waals surface area contributed by atoms with Gasteiger partial charge in [-0.2, -0.15) is 5.48 Å². The molecule has 32 heavy (non-hydrogen) atoms. The Morgan fingerprint density at radius 3 is 2.09 bits per heavy atom. The van der Waals surface area contributed by atoms with Gasteiger partial charge in [0.15, 0.2) is 17.2 Å². The molecule has 1 amide bonds. The highest BCUT2D eigenvalue weighted by molar-refractivity contribution is 5.82. The highest BCUT2D eigenvalue weighted by Crippen LogP contribution is 2.48. The zero-order valence-electron chi connectivity index (χ0n) is 19.1. The molecule has 3 rings (SSSR count). The summed E-state index contributed by atoms with van der Waals surface area (Å²) in [5, 5.41) is 0. The molecule has 0 aliphatic heterocycles. The lowest BCUT2D eigenvalue weighted by atomic mass is 9.96. The summed E-state index contributed by atoms with van der Waals surface area (Å²) in [4.78, 5) is 26.5. The molecule has 2 aromatic carbocycles. The molecule has 0 aromatic heterocycles. The molecule has 0 fully saturated rings. The largest absolute Gasteiger partial charge is 0.493 e. The van der Waals surface area contributed by atoms with E-state index in [4.69, 9.17) is 24.7 Å². The van der Waals surface area contributed by atoms with Crippen LogP contribution in [0, 0.1) is 0 Å². The van der Waals surface area contributed by atoms with Crippen molar-refractivity contribution < 1.29 is 28.6 Å². The van der Waals surface area contributed by atoms with Crippen LogP contribution in [0.2, 0.25) is 0 Å². The third-order valence-corrected chi connectivity index (χ3v) is 4.98. The molecule has 9 nitrogen and oxygen atoms in total. The number of primary amides is 1. The fraction of sp³-hybridized carbons (Fsp3) is 0.391. The van der Waals surface area contributed by atoms with Gasteiger partial charge in [0.1, 0.15) is 0 Å². The molecule has 174 valence electrons. The van der Waals surface area contributed by atoms with Gasteiger partial charge < -0.3 is 29.5 Å². The van der Waals surface area contributed by atoms with E-state index in [-0.39, 0.29) is 12.0 Å². The number of hydroxylamine groups is 1. The number of hydrogen-bond acceptors (Lipinski definition) is 8. The molecule has 0 unspecified atom stereocenters. The fourth-order valence-corrected chi connectivity index (χ4v) is 3.59. The van der Waals surface area contributed by atoms with Gasteiger partial charge in [0, 0.05) is 5.56 Å². The van der Waals surface area contributed by atoms with Crippen LogP contribution in [0.15, 0.2) is 29.1 Å². The number of nitrogens with one attached hydrogen (secondary N) is 1. The molecular weight excluding hydrogens is 416 g/mol. The van der Waals surface area contributed by atoms with E-state index in [0.717, 1.165) is 41.5 Å². The lowest BCUT2D eigenvalue weighted by Crippen LogP contribution is -2.27. The third-order valence-electron chi connectivity index (χ3n) is 4.98. The summed E-state index contributed by atoms with van der Waals surface area (Å²) in [6, 6.07) is 7.30. The van der Waals surface area contributed by atoms with Crippen LogP contribution in [0.5, 0.6) is 23.0 Å². The van der Waals surface area contributed by atoms with Gasteiger partial charge in [-0.3, -0.25) is 9.59 Å². The van der Waals surface area contributed by atoms with Crippen LogP contribution in [0.4, 0.5) is 0 Å². The number of carbonyl (C=O) groups is 1. The van der Waals surface area contributed by atoms with Crippen LogP contribution in [0.25, 0.3) is 11.1 Å². The number of fused-ring (bicyclic) bond motifs is 3. The summed E-state index contributed by atoms with van der Waals surface area (Å²) in [5.41, 5.74) is 10.9. The second kappa shape index (κ2) is 11.9. The minimum absolute atomic E-state index is 0.0660. The summed E-state index contributed by atoms with van der Waals surface area (Å²) >= 11 is 0. The Hall–Kier alpha value is -3.30. The van der Waals surface area contributed by atoms with E-state index in [1.807, 2.05) is 12.1 Å². The quantitative estimate of drug-likeness (QED) is 0.619. The van der Waals surface area contributed by atoms with E-state index in [9.17, 15) is 9.59 Å². The second-order valence-electron chi connectivity index (χ2n) is 6.87. The summed E-state index contributed by atoms with van der Waals surface area (Å²) < 4.78 is 21.9. The highest BCUT2D eigenvalue weighted by atomic mass is 16.6. The van der Waals surface area contributed by atoms with Crippen molar-refractivity contribution in [2.45, 2.75) is 19.3 Å². The maximum absolute atomic E-state index is 12.3. The number of methoxy groups -OCH3 is 4. The zero-order chi connectivity index (χ0) is 23.7. The Labute approximate surface area is 187 Å². The molecule has 0 bridgehead atoms. The molecule has 9 heteroatoms. The van der Waals surface area contributed by atoms with E-state index in [1.165, 1.54) is 14.2 Å². The van der Waals surface area contributed by atoms with Crippen LogP contribution in [0.1, 0.15) is 17.5 Å². The minimum Gasteiger partial charge on any atom is -0.493 e. The van der Waals surface area contributed by atoms with E-state index >= 15 is 0 Å². The van der Waals surface area contributed by atoms with E-state index in [2.05, 4.69) is 10.3 Å². The zero-order valence-corrected chi connectivity index (χ0v) is 19.1. The first-order chi connectivity index (χ1) is 15.4. The molecule has 0 atom stereocenters. The van der Waals surface area contributed by atoms with Crippen molar-refractivity contribution in [2.24, 2.45) is 5.73 Å². The smallest absolute Gasteiger partial charge is 0.233 e. The summed E-state index contributed by atoms with van der Waals surface area (Å²) in [6.45, 7) is 0.0660. The number of amides is 1. The molecule has 0 spiro atoms. The average Bonchev–Trinajstić information content (AvgIpc) is 3.05. The van der Waals surface area contributed by atoms with Crippen LogP contribution < -0.4 is 35.6 Å². The Balaban J connectivity index is 0.000000451. The topological polar surface area (TPSA) is 118 Å². The van der Waals surface area contributed by atoms with Gasteiger partial charge in [0.25, 0.3) is 0 Å². The highest BCUT2D eigenvalue weighted by Gasteiger charge is 2.25. The van der Waals surface area contributed by atoms with E-state index in [1.54, 1.807) is 33.5 Å². The van der Waals surface area contributed by atoms with Gasteiger partial charge in [-0.15, -0.1) is 0 Å². The maximum Gasteiger partial charge on any atom is 0.233 e. The van der Waals surface area contributed by atoms with Crippen molar-refractivity contribution in [1.29, 1.82) is 0 Å². The van der Waals surface area contributed by atoms with Gasteiger partial charge in [0.05, 0.1) is 42.1 Å². The Bertz CT molecular complexity index is 1010. The molecule has 1 aliphatic rings. The average molecular weight is 447 g/mol. The lowest BCUT2D eigenvalue weighted by Gasteiger charge is -2.19. The summed E-state index contributed by atoms with van der Waals surface area (Å²) in [6.07, 6.45) is 2.62. The Morgan fingerprint density at radius 1 is 0.906 bits per heavy atom. The fourth-order valence-electron chi connectivity index (χ4n) is 3.59. The number of benzene rings is 1. The van der Waals surface area contributed by atoms with Crippen LogP contribution >= 0.6 is 0 Å². The monoisotopic (exact) mass is 446 g/mol. The molecule has 2 aromatic rings. The molecule has 0 saturated carbocycles. The minimum atomic E-state index is -0.429. The van der Waals surface area contributed by atoms with Crippen molar-refractivity contribution in [2.75, 3.05) is 42.1 Å². The molecule has 0 radical (unpaired) electrons. The van der Waals surface area contributed by atoms with Gasteiger partial charge in [-0.25, -0.2) is 0 Å². The Morgan fingerprint density at radius 2 is 1.56 bits per heavy atom. The van der Waals surface area contributed by atoms with Crippen molar-refractivity contribution in [3.8, 4) is 34.1 Å². The van der Waals surface area contributed by atoms with Gasteiger partial charge in [-0.05, 0) is 54.2 Å². The third kappa shape index (κ3) is 5.68. The standard InChI is InChI=1S/C20H22O5.C3H8N2O2/c1-22-16-9-8-14-12(10-15(16)21)6-5-7-13-11-17(23-2)19(24-3)20(25-4)18(13)14;1-7-5-2-3(4)6/h8-11H,5-7H2,1-4H3;5H,2H2,1H3,(H2,4,6). The number of carbonyl (C=O) groups excluding carboxylic acids is 1. The van der Waals surface area contributed by atoms with Crippen molar-refractivity contribution >= 4 is 5.91 Å². The predicted molar refractivity (Wildman–Crippen MR) is 121 cm³/mol. The van der Waals surface area contributed by atoms with Crippen molar-refractivity contribution in [3.63, 3.8) is 0 Å². The van der Waals surface area contributed by atoms with Crippen LogP contribution in [-0.2, 0) is 22.5 Å². The number of nitrogens with two attached hydrogens (primary N) is 1. The molecular formula is C23H30N2O7. The first kappa shape index (κ1) is 25.0. The molecule has 0 heterocycles. The first-order valence-electron chi connectivity index (χ1n) is 9.99. The summed E-state index contributed by atoms with van der Waals surface area (Å²) in [5.74, 6) is 1.72. The van der Waals surface area contributed by atoms with Crippen molar-refractivity contribution in [3.05, 3.63) is 45.6 Å². The number of ether oxygens (including phenoxy) is 4. The SMILES string of the molecule is CONCC(N)=O.COc1cc2c(c(OC)c1OC)-c1ccc(OC)c(=O)cc1CCC2. The number of hydrogen-bond donors (Lipinski definition) is 2. The number of aryl methyl sites for hydroxylation is 2. The lowest BCUT2D eigenvalue weighted by molar-refractivity contribution is -0.119. The first-order valence-corrected chi connectivity index (χ1v) is 9.99. The van der Waals surface area contributed by atoms with Gasteiger partial charge >= 0.3 is 0 Å². The maximum atomic E-state index is 12.3. The van der Waals surface area contributed by atoms with E-state index in [0.29, 0.717) is 23.0 Å². The molecule has 3 N–H and O–H groups in total.